The molecule has 0 aliphatic rings. The van der Waals surface area contributed by atoms with Gasteiger partial charge in [0.05, 0.1) is 6.04 Å². The third kappa shape index (κ3) is 3.02. The second-order valence-electron chi connectivity index (χ2n) is 4.07. The van der Waals surface area contributed by atoms with Crippen molar-refractivity contribution < 1.29 is 4.79 Å². The zero-order chi connectivity index (χ0) is 12.1. The van der Waals surface area contributed by atoms with Crippen LogP contribution in [0.1, 0.15) is 5.56 Å². The largest absolute Gasteiger partial charge is 0.321 e. The van der Waals surface area contributed by atoms with Crippen molar-refractivity contribution in [3.8, 4) is 11.1 Å². The first-order chi connectivity index (χ1) is 8.29. The predicted molar refractivity (Wildman–Crippen MR) is 69.6 cm³/mol. The van der Waals surface area contributed by atoms with Gasteiger partial charge in [0.15, 0.2) is 0 Å². The molecule has 0 aliphatic carbocycles. The van der Waals surface area contributed by atoms with Gasteiger partial charge in [-0.15, -0.1) is 0 Å². The lowest BCUT2D eigenvalue weighted by atomic mass is 10.0. The first-order valence-electron chi connectivity index (χ1n) is 5.65. The highest BCUT2D eigenvalue weighted by Crippen LogP contribution is 2.19. The lowest BCUT2D eigenvalue weighted by molar-refractivity contribution is -0.108. The van der Waals surface area contributed by atoms with E-state index in [1.807, 2.05) is 30.3 Å². The number of aldehydes is 1. The topological polar surface area (TPSA) is 43.1 Å². The van der Waals surface area contributed by atoms with Crippen LogP contribution >= 0.6 is 0 Å². The fourth-order valence-electron chi connectivity index (χ4n) is 1.78. The van der Waals surface area contributed by atoms with E-state index in [4.69, 9.17) is 5.73 Å². The molecule has 2 rings (SSSR count). The van der Waals surface area contributed by atoms with Crippen molar-refractivity contribution in [1.29, 1.82) is 0 Å². The van der Waals surface area contributed by atoms with E-state index >= 15 is 0 Å². The van der Waals surface area contributed by atoms with Gasteiger partial charge in [0.1, 0.15) is 6.29 Å². The van der Waals surface area contributed by atoms with Crippen LogP contribution in [0.2, 0.25) is 0 Å². The fraction of sp³-hybridized carbons (Fsp3) is 0.133. The highest BCUT2D eigenvalue weighted by atomic mass is 16.1. The molecule has 17 heavy (non-hydrogen) atoms. The summed E-state index contributed by atoms with van der Waals surface area (Å²) in [5, 5.41) is 0. The van der Waals surface area contributed by atoms with Crippen molar-refractivity contribution in [3.63, 3.8) is 0 Å². The lowest BCUT2D eigenvalue weighted by Crippen LogP contribution is -2.23. The molecule has 86 valence electrons. The van der Waals surface area contributed by atoms with Crippen molar-refractivity contribution >= 4 is 6.29 Å². The minimum Gasteiger partial charge on any atom is -0.321 e. The van der Waals surface area contributed by atoms with Gasteiger partial charge in [0.2, 0.25) is 0 Å². The van der Waals surface area contributed by atoms with Gasteiger partial charge in [-0.2, -0.15) is 0 Å². The van der Waals surface area contributed by atoms with Crippen LogP contribution in [0.3, 0.4) is 0 Å². The minimum absolute atomic E-state index is 0.405. The quantitative estimate of drug-likeness (QED) is 0.812. The number of carbonyl (C=O) groups excluding carboxylic acids is 1. The first kappa shape index (κ1) is 11.6. The van der Waals surface area contributed by atoms with Gasteiger partial charge < -0.3 is 10.5 Å². The van der Waals surface area contributed by atoms with Crippen LogP contribution in [-0.2, 0) is 11.2 Å². The molecule has 0 aliphatic heterocycles. The number of carbonyl (C=O) groups is 1. The van der Waals surface area contributed by atoms with Crippen molar-refractivity contribution in [2.45, 2.75) is 12.5 Å². The molecule has 2 heteroatoms. The molecule has 0 radical (unpaired) electrons. The molecule has 2 N–H and O–H groups in total. The summed E-state index contributed by atoms with van der Waals surface area (Å²) >= 11 is 0. The highest BCUT2D eigenvalue weighted by molar-refractivity contribution is 5.64. The third-order valence-electron chi connectivity index (χ3n) is 2.71. The Bertz CT molecular complexity index is 476. The Balaban J connectivity index is 2.16. The molecule has 0 fully saturated rings. The monoisotopic (exact) mass is 225 g/mol. The van der Waals surface area contributed by atoms with E-state index in [1.54, 1.807) is 0 Å². The number of hydrogen-bond donors (Lipinski definition) is 1. The van der Waals surface area contributed by atoms with Gasteiger partial charge in [-0.3, -0.25) is 0 Å². The van der Waals surface area contributed by atoms with Crippen LogP contribution in [0, 0.1) is 0 Å². The van der Waals surface area contributed by atoms with E-state index in [0.29, 0.717) is 6.42 Å². The van der Waals surface area contributed by atoms with E-state index < -0.39 is 6.04 Å². The molecule has 1 atom stereocenters. The standard InChI is InChI=1S/C15H15NO/c16-15(11-17)10-12-6-8-14(9-7-12)13-4-2-1-3-5-13/h1-9,11,15H,10,16H2. The van der Waals surface area contributed by atoms with Gasteiger partial charge in [-0.05, 0) is 23.1 Å². The second kappa shape index (κ2) is 5.41. The lowest BCUT2D eigenvalue weighted by Gasteiger charge is -2.06. The summed E-state index contributed by atoms with van der Waals surface area (Å²) in [5.41, 5.74) is 9.04. The molecule has 0 heterocycles. The van der Waals surface area contributed by atoms with E-state index in [9.17, 15) is 4.79 Å². The summed E-state index contributed by atoms with van der Waals surface area (Å²) < 4.78 is 0. The normalized spacial score (nSPS) is 12.1. The molecule has 0 saturated carbocycles. The van der Waals surface area contributed by atoms with Crippen LogP contribution < -0.4 is 5.73 Å². The number of hydrogen-bond acceptors (Lipinski definition) is 2. The SMILES string of the molecule is NC(C=O)Cc1ccc(-c2ccccc2)cc1. The van der Waals surface area contributed by atoms with Gasteiger partial charge in [0, 0.05) is 0 Å². The van der Waals surface area contributed by atoms with Gasteiger partial charge in [0.25, 0.3) is 0 Å². The van der Waals surface area contributed by atoms with E-state index in [1.165, 1.54) is 11.1 Å². The maximum Gasteiger partial charge on any atom is 0.137 e. The van der Waals surface area contributed by atoms with Gasteiger partial charge in [-0.1, -0.05) is 54.6 Å². The number of rotatable bonds is 4. The van der Waals surface area contributed by atoms with Crippen LogP contribution in [0.5, 0.6) is 0 Å². The smallest absolute Gasteiger partial charge is 0.137 e. The predicted octanol–water partition coefficient (Wildman–Crippen LogP) is 2.42. The summed E-state index contributed by atoms with van der Waals surface area (Å²) in [6, 6.07) is 17.9. The van der Waals surface area contributed by atoms with Crippen LogP contribution in [0.25, 0.3) is 11.1 Å². The molecule has 0 saturated heterocycles. The summed E-state index contributed by atoms with van der Waals surface area (Å²) in [6.45, 7) is 0. The van der Waals surface area contributed by atoms with E-state index in [-0.39, 0.29) is 0 Å². The van der Waals surface area contributed by atoms with Gasteiger partial charge in [-0.25, -0.2) is 0 Å². The Labute approximate surface area is 101 Å². The molecule has 0 aromatic heterocycles. The highest BCUT2D eigenvalue weighted by Gasteiger charge is 2.02. The molecule has 2 aromatic rings. The van der Waals surface area contributed by atoms with Crippen molar-refractivity contribution in [2.75, 3.05) is 0 Å². The molecule has 1 unspecified atom stereocenters. The summed E-state index contributed by atoms with van der Waals surface area (Å²) in [6.07, 6.45) is 1.38. The summed E-state index contributed by atoms with van der Waals surface area (Å²) in [4.78, 5) is 10.5. The zero-order valence-electron chi connectivity index (χ0n) is 9.54. The van der Waals surface area contributed by atoms with E-state index in [2.05, 4.69) is 24.3 Å². The summed E-state index contributed by atoms with van der Waals surface area (Å²) in [7, 11) is 0. The Morgan fingerprint density at radius 1 is 0.941 bits per heavy atom. The van der Waals surface area contributed by atoms with Gasteiger partial charge >= 0.3 is 0 Å². The molecule has 0 bridgehead atoms. The van der Waals surface area contributed by atoms with Crippen molar-refractivity contribution in [1.82, 2.24) is 0 Å². The van der Waals surface area contributed by atoms with Crippen LogP contribution in [0.4, 0.5) is 0 Å². The fourth-order valence-corrected chi connectivity index (χ4v) is 1.78. The Kier molecular flexibility index (Phi) is 3.68. The zero-order valence-corrected chi connectivity index (χ0v) is 9.54. The van der Waals surface area contributed by atoms with Crippen molar-refractivity contribution in [2.24, 2.45) is 5.73 Å². The minimum atomic E-state index is -0.405. The van der Waals surface area contributed by atoms with Crippen LogP contribution in [0.15, 0.2) is 54.6 Å². The molecule has 2 aromatic carbocycles. The first-order valence-corrected chi connectivity index (χ1v) is 5.65. The Morgan fingerprint density at radius 3 is 2.12 bits per heavy atom. The summed E-state index contributed by atoms with van der Waals surface area (Å²) in [5.74, 6) is 0. The molecular formula is C15H15NO. The Morgan fingerprint density at radius 2 is 1.53 bits per heavy atom. The maximum absolute atomic E-state index is 10.5. The van der Waals surface area contributed by atoms with Crippen LogP contribution in [-0.4, -0.2) is 12.3 Å². The molecule has 0 amide bonds. The Hall–Kier alpha value is -1.93. The average Bonchev–Trinajstić information content (AvgIpc) is 2.40. The molecular weight excluding hydrogens is 210 g/mol. The third-order valence-corrected chi connectivity index (χ3v) is 2.71. The number of nitrogens with two attached hydrogens (primary N) is 1. The molecule has 2 nitrogen and oxygen atoms in total. The van der Waals surface area contributed by atoms with E-state index in [0.717, 1.165) is 11.8 Å². The maximum atomic E-state index is 10.5. The van der Waals surface area contributed by atoms with Crippen molar-refractivity contribution in [3.05, 3.63) is 60.2 Å². The average molecular weight is 225 g/mol. The molecule has 0 spiro atoms. The second-order valence-corrected chi connectivity index (χ2v) is 4.07. The number of benzene rings is 2.